The average Bonchev–Trinajstić information content (AvgIpc) is 2.46. The molecular formula is C19H34O3. The molecular weight excluding hydrogens is 276 g/mol. The number of hydrogen-bond donors (Lipinski definition) is 1. The van der Waals surface area contributed by atoms with Crippen molar-refractivity contribution in [2.24, 2.45) is 0 Å². The van der Waals surface area contributed by atoms with Crippen LogP contribution in [0.15, 0.2) is 11.6 Å². The third-order valence-corrected chi connectivity index (χ3v) is 3.99. The Labute approximate surface area is 136 Å². The van der Waals surface area contributed by atoms with Crippen LogP contribution < -0.4 is 0 Å². The topological polar surface area (TPSA) is 54.4 Å². The van der Waals surface area contributed by atoms with E-state index in [-0.39, 0.29) is 12.2 Å². The van der Waals surface area contributed by atoms with Crippen molar-refractivity contribution in [3.63, 3.8) is 0 Å². The molecule has 0 saturated carbocycles. The van der Waals surface area contributed by atoms with Gasteiger partial charge in [-0.15, -0.1) is 0 Å². The molecule has 0 atom stereocenters. The smallest absolute Gasteiger partial charge is 0.303 e. The van der Waals surface area contributed by atoms with Crippen LogP contribution in [0.2, 0.25) is 0 Å². The van der Waals surface area contributed by atoms with Crippen molar-refractivity contribution in [3.8, 4) is 0 Å². The Kier molecular flexibility index (Phi) is 14.0. The van der Waals surface area contributed by atoms with Crippen molar-refractivity contribution in [2.75, 3.05) is 0 Å². The van der Waals surface area contributed by atoms with E-state index in [1.54, 1.807) is 6.92 Å². The highest BCUT2D eigenvalue weighted by Gasteiger charge is 2.04. The summed E-state index contributed by atoms with van der Waals surface area (Å²) in [7, 11) is 0. The Balaban J connectivity index is 3.74. The number of unbranched alkanes of at least 4 members (excludes halogenated alkanes) is 9. The maximum Gasteiger partial charge on any atom is 0.303 e. The number of allylic oxidation sites excluding steroid dienone is 2. The number of carboxylic acid groups (broad SMARTS) is 1. The zero-order valence-electron chi connectivity index (χ0n) is 14.5. The van der Waals surface area contributed by atoms with Gasteiger partial charge < -0.3 is 5.11 Å². The van der Waals surface area contributed by atoms with Crippen molar-refractivity contribution < 1.29 is 14.7 Å². The van der Waals surface area contributed by atoms with Gasteiger partial charge in [-0.2, -0.15) is 0 Å². The number of rotatable bonds is 15. The number of carboxylic acids is 1. The van der Waals surface area contributed by atoms with E-state index in [0.29, 0.717) is 0 Å². The third kappa shape index (κ3) is 13.8. The molecule has 0 fully saturated rings. The first-order valence-electron chi connectivity index (χ1n) is 8.99. The average molecular weight is 310 g/mol. The largest absolute Gasteiger partial charge is 0.481 e. The van der Waals surface area contributed by atoms with E-state index >= 15 is 0 Å². The van der Waals surface area contributed by atoms with Gasteiger partial charge in [0.2, 0.25) is 0 Å². The first-order valence-corrected chi connectivity index (χ1v) is 8.99. The second-order valence-corrected chi connectivity index (χ2v) is 6.15. The Morgan fingerprint density at radius 2 is 1.36 bits per heavy atom. The van der Waals surface area contributed by atoms with E-state index in [1.165, 1.54) is 38.5 Å². The van der Waals surface area contributed by atoms with E-state index in [0.717, 1.165) is 44.1 Å². The highest BCUT2D eigenvalue weighted by molar-refractivity contribution is 5.93. The number of Topliss-reactive ketones (excluding diaryl/α,β-unsaturated/α-hetero) is 1. The lowest BCUT2D eigenvalue weighted by atomic mass is 10.0. The first-order chi connectivity index (χ1) is 10.6. The van der Waals surface area contributed by atoms with Crippen molar-refractivity contribution in [1.29, 1.82) is 0 Å². The summed E-state index contributed by atoms with van der Waals surface area (Å²) in [5.41, 5.74) is 0.965. The molecule has 0 aliphatic rings. The molecule has 0 unspecified atom stereocenters. The number of ketones is 1. The molecule has 3 nitrogen and oxygen atoms in total. The standard InChI is InChI=1S/C19H34O3/c1-3-4-5-6-7-8-11-14-18(17(2)20)15-12-9-10-13-16-19(21)22/h14H,3-13,15-16H2,1-2H3,(H,21,22). The zero-order chi connectivity index (χ0) is 16.6. The van der Waals surface area contributed by atoms with Crippen LogP contribution in [0.4, 0.5) is 0 Å². The summed E-state index contributed by atoms with van der Waals surface area (Å²) in [5, 5.41) is 8.57. The van der Waals surface area contributed by atoms with Gasteiger partial charge >= 0.3 is 5.97 Å². The number of aliphatic carboxylic acids is 1. The van der Waals surface area contributed by atoms with Crippen LogP contribution in [-0.2, 0) is 9.59 Å². The minimum Gasteiger partial charge on any atom is -0.481 e. The molecule has 0 aromatic rings. The fraction of sp³-hybridized carbons (Fsp3) is 0.789. The van der Waals surface area contributed by atoms with Gasteiger partial charge in [0.25, 0.3) is 0 Å². The number of carbonyl (C=O) groups is 2. The third-order valence-electron chi connectivity index (χ3n) is 3.99. The SMILES string of the molecule is CCCCCCCCC=C(CCCCCCC(=O)O)C(C)=O. The van der Waals surface area contributed by atoms with Gasteiger partial charge in [-0.3, -0.25) is 9.59 Å². The van der Waals surface area contributed by atoms with Crippen LogP contribution >= 0.6 is 0 Å². The minimum atomic E-state index is -0.719. The second kappa shape index (κ2) is 14.8. The Bertz CT molecular complexity index is 332. The molecule has 0 radical (unpaired) electrons. The molecule has 128 valence electrons. The maximum absolute atomic E-state index is 11.6. The van der Waals surface area contributed by atoms with Crippen LogP contribution in [0.25, 0.3) is 0 Å². The predicted molar refractivity (Wildman–Crippen MR) is 92.1 cm³/mol. The van der Waals surface area contributed by atoms with Crippen molar-refractivity contribution in [1.82, 2.24) is 0 Å². The number of carbonyl (C=O) groups excluding carboxylic acids is 1. The lowest BCUT2D eigenvalue weighted by Gasteiger charge is -2.05. The lowest BCUT2D eigenvalue weighted by molar-refractivity contribution is -0.137. The maximum atomic E-state index is 11.6. The van der Waals surface area contributed by atoms with Crippen LogP contribution in [0.1, 0.15) is 97.3 Å². The summed E-state index contributed by atoms with van der Waals surface area (Å²) in [4.78, 5) is 22.0. The van der Waals surface area contributed by atoms with Gasteiger partial charge in [-0.1, -0.05) is 57.9 Å². The summed E-state index contributed by atoms with van der Waals surface area (Å²) in [6, 6.07) is 0. The van der Waals surface area contributed by atoms with Crippen molar-refractivity contribution in [3.05, 3.63) is 11.6 Å². The van der Waals surface area contributed by atoms with Gasteiger partial charge in [0, 0.05) is 6.42 Å². The zero-order valence-corrected chi connectivity index (χ0v) is 14.5. The molecule has 0 bridgehead atoms. The molecule has 0 amide bonds. The van der Waals surface area contributed by atoms with E-state index in [2.05, 4.69) is 13.0 Å². The molecule has 0 spiro atoms. The van der Waals surface area contributed by atoms with Crippen LogP contribution in [0.5, 0.6) is 0 Å². The van der Waals surface area contributed by atoms with Gasteiger partial charge in [-0.25, -0.2) is 0 Å². The van der Waals surface area contributed by atoms with Gasteiger partial charge in [0.15, 0.2) is 5.78 Å². The van der Waals surface area contributed by atoms with Gasteiger partial charge in [-0.05, 0) is 44.6 Å². The highest BCUT2D eigenvalue weighted by atomic mass is 16.4. The molecule has 0 aromatic heterocycles. The quantitative estimate of drug-likeness (QED) is 0.313. The lowest BCUT2D eigenvalue weighted by Crippen LogP contribution is -1.98. The van der Waals surface area contributed by atoms with E-state index < -0.39 is 5.97 Å². The van der Waals surface area contributed by atoms with Crippen molar-refractivity contribution >= 4 is 11.8 Å². The Hall–Kier alpha value is -1.12. The van der Waals surface area contributed by atoms with Crippen LogP contribution in [0, 0.1) is 0 Å². The molecule has 0 aliphatic carbocycles. The summed E-state index contributed by atoms with van der Waals surface area (Å²) < 4.78 is 0. The normalized spacial score (nSPS) is 11.6. The van der Waals surface area contributed by atoms with Crippen molar-refractivity contribution in [2.45, 2.75) is 97.3 Å². The molecule has 22 heavy (non-hydrogen) atoms. The molecule has 0 rings (SSSR count). The van der Waals surface area contributed by atoms with Gasteiger partial charge in [0.05, 0.1) is 0 Å². The van der Waals surface area contributed by atoms with E-state index in [1.807, 2.05) is 0 Å². The summed E-state index contributed by atoms with van der Waals surface area (Å²) in [6.07, 6.45) is 15.6. The molecule has 0 saturated heterocycles. The molecule has 0 heterocycles. The molecule has 1 N–H and O–H groups in total. The van der Waals surface area contributed by atoms with Crippen LogP contribution in [0.3, 0.4) is 0 Å². The second-order valence-electron chi connectivity index (χ2n) is 6.15. The van der Waals surface area contributed by atoms with E-state index in [9.17, 15) is 9.59 Å². The Morgan fingerprint density at radius 3 is 1.95 bits per heavy atom. The minimum absolute atomic E-state index is 0.191. The predicted octanol–water partition coefficient (Wildman–Crippen LogP) is 5.68. The first kappa shape index (κ1) is 20.9. The number of hydrogen-bond acceptors (Lipinski definition) is 2. The molecule has 0 aromatic carbocycles. The monoisotopic (exact) mass is 310 g/mol. The summed E-state index contributed by atoms with van der Waals surface area (Å²) in [6.45, 7) is 3.88. The summed E-state index contributed by atoms with van der Waals surface area (Å²) in [5.74, 6) is -0.528. The fourth-order valence-electron chi connectivity index (χ4n) is 2.57. The highest BCUT2D eigenvalue weighted by Crippen LogP contribution is 2.14. The summed E-state index contributed by atoms with van der Waals surface area (Å²) >= 11 is 0. The van der Waals surface area contributed by atoms with Crippen LogP contribution in [-0.4, -0.2) is 16.9 Å². The fourth-order valence-corrected chi connectivity index (χ4v) is 2.57. The molecule has 0 aliphatic heterocycles. The Morgan fingerprint density at radius 1 is 0.818 bits per heavy atom. The van der Waals surface area contributed by atoms with Gasteiger partial charge in [0.1, 0.15) is 0 Å². The van der Waals surface area contributed by atoms with E-state index in [4.69, 9.17) is 5.11 Å². The molecule has 3 heteroatoms.